The maximum Gasteiger partial charge on any atom is 0.205 e. The van der Waals surface area contributed by atoms with Gasteiger partial charge in [0.05, 0.1) is 20.8 Å². The predicted molar refractivity (Wildman–Crippen MR) is 68.6 cm³/mol. The molecule has 2 aromatic heterocycles. The van der Waals surface area contributed by atoms with Crippen LogP contribution in [0.4, 0.5) is 0 Å². The number of tetrazole rings is 2. The van der Waals surface area contributed by atoms with Crippen molar-refractivity contribution in [2.75, 3.05) is 14.2 Å². The standard InChI is InChI=1S/C11H11N8O2/c1-20-8-4-3-7(5-9(8)21-2)11-14-18-19(15-11)6-10-12-16-17-13-10/h3-5H,6H2,1-2H3/q-1. The highest BCUT2D eigenvalue weighted by molar-refractivity contribution is 5.60. The van der Waals surface area contributed by atoms with Crippen molar-refractivity contribution in [3.8, 4) is 22.9 Å². The molecule has 2 heterocycles. The second-order valence-electron chi connectivity index (χ2n) is 4.01. The molecule has 0 saturated carbocycles. The highest BCUT2D eigenvalue weighted by atomic mass is 16.5. The number of hydrogen-bond donors (Lipinski definition) is 0. The lowest BCUT2D eigenvalue weighted by Gasteiger charge is -2.07. The summed E-state index contributed by atoms with van der Waals surface area (Å²) in [6, 6.07) is 5.39. The predicted octanol–water partition coefficient (Wildman–Crippen LogP) is -0.452. The highest BCUT2D eigenvalue weighted by Gasteiger charge is 2.10. The zero-order valence-electron chi connectivity index (χ0n) is 11.3. The Balaban J connectivity index is 1.85. The van der Waals surface area contributed by atoms with Crippen LogP contribution in [0.2, 0.25) is 0 Å². The number of methoxy groups -OCH3 is 2. The molecular formula is C11H11N8O2-. The van der Waals surface area contributed by atoms with Crippen molar-refractivity contribution < 1.29 is 9.47 Å². The van der Waals surface area contributed by atoms with Crippen molar-refractivity contribution in [2.45, 2.75) is 6.54 Å². The Hall–Kier alpha value is -3.04. The first-order valence-electron chi connectivity index (χ1n) is 5.98. The van der Waals surface area contributed by atoms with Crippen LogP contribution in [0.25, 0.3) is 11.4 Å². The lowest BCUT2D eigenvalue weighted by molar-refractivity contribution is 0.355. The molecule has 0 aliphatic carbocycles. The lowest BCUT2D eigenvalue weighted by atomic mass is 10.2. The summed E-state index contributed by atoms with van der Waals surface area (Å²) < 4.78 is 10.4. The average Bonchev–Trinajstić information content (AvgIpc) is 3.19. The largest absolute Gasteiger partial charge is 0.493 e. The van der Waals surface area contributed by atoms with Gasteiger partial charge in [0.15, 0.2) is 11.5 Å². The third kappa shape index (κ3) is 2.63. The average molecular weight is 287 g/mol. The van der Waals surface area contributed by atoms with E-state index >= 15 is 0 Å². The van der Waals surface area contributed by atoms with Gasteiger partial charge in [0.1, 0.15) is 0 Å². The molecule has 0 fully saturated rings. The molecule has 0 N–H and O–H groups in total. The topological polar surface area (TPSA) is 115 Å². The molecule has 3 rings (SSSR count). The van der Waals surface area contributed by atoms with E-state index in [1.54, 1.807) is 26.4 Å². The second kappa shape index (κ2) is 5.53. The van der Waals surface area contributed by atoms with Gasteiger partial charge < -0.3 is 14.6 Å². The van der Waals surface area contributed by atoms with Gasteiger partial charge in [-0.1, -0.05) is 0 Å². The third-order valence-corrected chi connectivity index (χ3v) is 2.74. The van der Waals surface area contributed by atoms with E-state index < -0.39 is 0 Å². The molecule has 3 aromatic rings. The quantitative estimate of drug-likeness (QED) is 0.615. The minimum absolute atomic E-state index is 0.257. The van der Waals surface area contributed by atoms with E-state index in [0.29, 0.717) is 23.1 Å². The van der Waals surface area contributed by atoms with Crippen LogP contribution in [0.15, 0.2) is 18.2 Å². The smallest absolute Gasteiger partial charge is 0.205 e. The van der Waals surface area contributed by atoms with E-state index in [1.807, 2.05) is 6.07 Å². The number of hydrogen-bond acceptors (Lipinski definition) is 8. The Bertz CT molecular complexity index is 724. The molecule has 10 heteroatoms. The molecule has 10 nitrogen and oxygen atoms in total. The van der Waals surface area contributed by atoms with Crippen molar-refractivity contribution >= 4 is 0 Å². The molecule has 0 aliphatic rings. The van der Waals surface area contributed by atoms with Crippen molar-refractivity contribution in [2.24, 2.45) is 0 Å². The second-order valence-corrected chi connectivity index (χ2v) is 4.01. The molecule has 0 radical (unpaired) electrons. The van der Waals surface area contributed by atoms with Crippen LogP contribution >= 0.6 is 0 Å². The summed E-state index contributed by atoms with van der Waals surface area (Å²) in [6.07, 6.45) is 0. The third-order valence-electron chi connectivity index (χ3n) is 2.74. The first-order valence-corrected chi connectivity index (χ1v) is 5.98. The molecule has 108 valence electrons. The number of ether oxygens (including phenoxy) is 2. The highest BCUT2D eigenvalue weighted by Crippen LogP contribution is 2.30. The molecule has 1 aromatic carbocycles. The Morgan fingerprint density at radius 3 is 2.71 bits per heavy atom. The molecule has 0 atom stereocenters. The van der Waals surface area contributed by atoms with Crippen LogP contribution in [0.1, 0.15) is 5.82 Å². The fraction of sp³-hybridized carbons (Fsp3) is 0.273. The minimum Gasteiger partial charge on any atom is -0.493 e. The van der Waals surface area contributed by atoms with Gasteiger partial charge in [-0.15, -0.1) is 10.2 Å². The maximum atomic E-state index is 5.25. The first kappa shape index (κ1) is 13.0. The molecule has 0 spiro atoms. The Morgan fingerprint density at radius 1 is 1.14 bits per heavy atom. The number of aromatic nitrogens is 8. The van der Waals surface area contributed by atoms with Gasteiger partial charge >= 0.3 is 0 Å². The van der Waals surface area contributed by atoms with Gasteiger partial charge in [0.2, 0.25) is 5.82 Å². The summed E-state index contributed by atoms with van der Waals surface area (Å²) in [7, 11) is 3.15. The molecular weight excluding hydrogens is 276 g/mol. The van der Waals surface area contributed by atoms with Crippen LogP contribution in [0.3, 0.4) is 0 Å². The SMILES string of the molecule is COc1ccc(-c2nnn(Cc3nnn[n-]3)n2)cc1OC. The van der Waals surface area contributed by atoms with Gasteiger partial charge in [0, 0.05) is 11.4 Å². The van der Waals surface area contributed by atoms with E-state index in [9.17, 15) is 0 Å². The molecule has 0 bridgehead atoms. The summed E-state index contributed by atoms with van der Waals surface area (Å²) in [5, 5.41) is 26.4. The van der Waals surface area contributed by atoms with Crippen LogP contribution < -0.4 is 14.6 Å². The van der Waals surface area contributed by atoms with Crippen molar-refractivity contribution in [1.29, 1.82) is 0 Å². The van der Waals surface area contributed by atoms with E-state index in [0.717, 1.165) is 5.56 Å². The van der Waals surface area contributed by atoms with E-state index in [1.165, 1.54) is 4.80 Å². The molecule has 0 aliphatic heterocycles. The van der Waals surface area contributed by atoms with Crippen LogP contribution in [-0.2, 0) is 6.54 Å². The van der Waals surface area contributed by atoms with Gasteiger partial charge in [-0.05, 0) is 23.4 Å². The zero-order valence-corrected chi connectivity index (χ0v) is 11.3. The summed E-state index contributed by atoms with van der Waals surface area (Å²) >= 11 is 0. The minimum atomic E-state index is 0.257. The molecule has 0 unspecified atom stereocenters. The van der Waals surface area contributed by atoms with Gasteiger partial charge in [-0.25, -0.2) is 0 Å². The number of nitrogens with zero attached hydrogens (tertiary/aromatic N) is 8. The van der Waals surface area contributed by atoms with Crippen LogP contribution in [0.5, 0.6) is 11.5 Å². The Labute approximate surface area is 119 Å². The first-order chi connectivity index (χ1) is 10.3. The summed E-state index contributed by atoms with van der Waals surface area (Å²) in [5.41, 5.74) is 0.763. The van der Waals surface area contributed by atoms with Crippen molar-refractivity contribution in [3.63, 3.8) is 0 Å². The summed E-state index contributed by atoms with van der Waals surface area (Å²) in [5.74, 6) is 2.12. The number of rotatable bonds is 5. The monoisotopic (exact) mass is 287 g/mol. The fourth-order valence-corrected chi connectivity index (χ4v) is 1.75. The van der Waals surface area contributed by atoms with E-state index in [-0.39, 0.29) is 6.54 Å². The maximum absolute atomic E-state index is 5.25. The van der Waals surface area contributed by atoms with E-state index in [4.69, 9.17) is 9.47 Å². The Morgan fingerprint density at radius 2 is 2.00 bits per heavy atom. The zero-order chi connectivity index (χ0) is 14.7. The molecule has 21 heavy (non-hydrogen) atoms. The Kier molecular flexibility index (Phi) is 3.41. The molecule has 0 saturated heterocycles. The van der Waals surface area contributed by atoms with Crippen molar-refractivity contribution in [3.05, 3.63) is 24.0 Å². The summed E-state index contributed by atoms with van der Waals surface area (Å²) in [4.78, 5) is 1.37. The van der Waals surface area contributed by atoms with Crippen LogP contribution in [0, 0.1) is 0 Å². The van der Waals surface area contributed by atoms with Gasteiger partial charge in [-0.3, -0.25) is 10.3 Å². The van der Waals surface area contributed by atoms with Crippen molar-refractivity contribution in [1.82, 2.24) is 40.8 Å². The lowest BCUT2D eigenvalue weighted by Crippen LogP contribution is -2.06. The number of benzene rings is 1. The fourth-order valence-electron chi connectivity index (χ4n) is 1.75. The normalized spacial score (nSPS) is 10.6. The van der Waals surface area contributed by atoms with Gasteiger partial charge in [-0.2, -0.15) is 10.0 Å². The van der Waals surface area contributed by atoms with E-state index in [2.05, 4.69) is 36.0 Å². The molecule has 0 amide bonds. The van der Waals surface area contributed by atoms with Crippen LogP contribution in [-0.4, -0.2) is 50.0 Å². The van der Waals surface area contributed by atoms with Gasteiger partial charge in [0.25, 0.3) is 0 Å². The summed E-state index contributed by atoms with van der Waals surface area (Å²) in [6.45, 7) is 0.257.